The maximum atomic E-state index is 13.0. The molecule has 142 valence electrons. The number of benzene rings is 1. The van der Waals surface area contributed by atoms with Crippen molar-refractivity contribution in [3.63, 3.8) is 0 Å². The van der Waals surface area contributed by atoms with Gasteiger partial charge in [-0.2, -0.15) is 0 Å². The summed E-state index contributed by atoms with van der Waals surface area (Å²) < 4.78 is 11.2. The quantitative estimate of drug-likeness (QED) is 0.830. The minimum atomic E-state index is 0.253. The highest BCUT2D eigenvalue weighted by Crippen LogP contribution is 2.31. The zero-order chi connectivity index (χ0) is 17.8. The van der Waals surface area contributed by atoms with Gasteiger partial charge in [-0.05, 0) is 62.9 Å². The van der Waals surface area contributed by atoms with Crippen molar-refractivity contribution in [1.29, 1.82) is 0 Å². The molecule has 1 aromatic carbocycles. The Kier molecular flexibility index (Phi) is 5.63. The Bertz CT molecular complexity index is 628. The summed E-state index contributed by atoms with van der Waals surface area (Å²) in [6.45, 7) is 5.52. The first kappa shape index (κ1) is 17.7. The lowest BCUT2D eigenvalue weighted by Gasteiger charge is -2.40. The minimum absolute atomic E-state index is 0.253. The predicted octanol–water partition coefficient (Wildman–Crippen LogP) is 2.87. The fourth-order valence-corrected chi connectivity index (χ4v) is 4.43. The monoisotopic (exact) mass is 358 g/mol. The Hall–Kier alpha value is -1.75. The molecule has 2 fully saturated rings. The maximum absolute atomic E-state index is 13.0. The molecule has 0 spiro atoms. The highest BCUT2D eigenvalue weighted by molar-refractivity contribution is 5.79. The van der Waals surface area contributed by atoms with E-state index in [0.717, 1.165) is 43.0 Å². The van der Waals surface area contributed by atoms with Gasteiger partial charge in [0.1, 0.15) is 13.2 Å². The van der Waals surface area contributed by atoms with E-state index < -0.39 is 0 Å². The molecule has 0 aliphatic carbocycles. The van der Waals surface area contributed by atoms with Gasteiger partial charge in [0.15, 0.2) is 11.5 Å². The molecule has 0 radical (unpaired) electrons. The van der Waals surface area contributed by atoms with Gasteiger partial charge in [0.2, 0.25) is 5.91 Å². The number of nitrogens with zero attached hydrogens (tertiary/aromatic N) is 2. The predicted molar refractivity (Wildman–Crippen MR) is 101 cm³/mol. The van der Waals surface area contributed by atoms with E-state index in [0.29, 0.717) is 25.7 Å². The summed E-state index contributed by atoms with van der Waals surface area (Å²) in [7, 11) is 0. The molecule has 3 aliphatic heterocycles. The van der Waals surface area contributed by atoms with Crippen LogP contribution in [0.5, 0.6) is 11.5 Å². The third kappa shape index (κ3) is 4.14. The Morgan fingerprint density at radius 1 is 0.962 bits per heavy atom. The van der Waals surface area contributed by atoms with Crippen molar-refractivity contribution in [3.8, 4) is 11.5 Å². The molecule has 0 bridgehead atoms. The zero-order valence-electron chi connectivity index (χ0n) is 15.6. The van der Waals surface area contributed by atoms with Gasteiger partial charge in [-0.3, -0.25) is 4.79 Å². The number of carbonyl (C=O) groups excluding carboxylic acids is 1. The van der Waals surface area contributed by atoms with Crippen LogP contribution in [-0.2, 0) is 11.2 Å². The second-order valence-corrected chi connectivity index (χ2v) is 7.75. The third-order valence-corrected chi connectivity index (χ3v) is 5.83. The van der Waals surface area contributed by atoms with Crippen LogP contribution in [0.25, 0.3) is 0 Å². The molecule has 4 rings (SSSR count). The normalized spacial score (nSPS) is 23.7. The lowest BCUT2D eigenvalue weighted by Crippen LogP contribution is -2.50. The molecule has 5 heteroatoms. The highest BCUT2D eigenvalue weighted by atomic mass is 16.6. The van der Waals surface area contributed by atoms with Crippen molar-refractivity contribution < 1.29 is 14.3 Å². The summed E-state index contributed by atoms with van der Waals surface area (Å²) in [6, 6.07) is 6.27. The third-order valence-electron chi connectivity index (χ3n) is 5.83. The number of fused-ring (bicyclic) bond motifs is 1. The number of hydrogen-bond donors (Lipinski definition) is 0. The van der Waals surface area contributed by atoms with Crippen LogP contribution >= 0.6 is 0 Å². The first-order chi connectivity index (χ1) is 12.8. The Morgan fingerprint density at radius 2 is 1.73 bits per heavy atom. The summed E-state index contributed by atoms with van der Waals surface area (Å²) in [5, 5.41) is 0. The van der Waals surface area contributed by atoms with Crippen molar-refractivity contribution in [1.82, 2.24) is 9.80 Å². The Labute approximate surface area is 156 Å². The highest BCUT2D eigenvalue weighted by Gasteiger charge is 2.28. The Morgan fingerprint density at radius 3 is 2.58 bits per heavy atom. The summed E-state index contributed by atoms with van der Waals surface area (Å²) in [5.41, 5.74) is 1.02. The van der Waals surface area contributed by atoms with Crippen LogP contribution < -0.4 is 9.47 Å². The van der Waals surface area contributed by atoms with E-state index in [-0.39, 0.29) is 5.91 Å². The second-order valence-electron chi connectivity index (χ2n) is 7.75. The van der Waals surface area contributed by atoms with E-state index in [1.807, 2.05) is 18.2 Å². The number of hydrogen-bond acceptors (Lipinski definition) is 4. The van der Waals surface area contributed by atoms with Crippen LogP contribution in [0, 0.1) is 0 Å². The summed E-state index contributed by atoms with van der Waals surface area (Å²) >= 11 is 0. The van der Waals surface area contributed by atoms with Crippen molar-refractivity contribution in [2.45, 2.75) is 51.0 Å². The largest absolute Gasteiger partial charge is 0.486 e. The number of likely N-dealkylation sites (tertiary alicyclic amines) is 2. The number of piperidine rings is 2. The maximum Gasteiger partial charge on any atom is 0.227 e. The molecular weight excluding hydrogens is 328 g/mol. The fraction of sp³-hybridized carbons (Fsp3) is 0.667. The van der Waals surface area contributed by atoms with Gasteiger partial charge in [0.25, 0.3) is 0 Å². The molecule has 1 atom stereocenters. The minimum Gasteiger partial charge on any atom is -0.486 e. The fourth-order valence-electron chi connectivity index (χ4n) is 4.43. The first-order valence-electron chi connectivity index (χ1n) is 10.2. The first-order valence-corrected chi connectivity index (χ1v) is 10.2. The van der Waals surface area contributed by atoms with Crippen LogP contribution in [0.3, 0.4) is 0 Å². The summed E-state index contributed by atoms with van der Waals surface area (Å²) in [6.07, 6.45) is 7.93. The van der Waals surface area contributed by atoms with Gasteiger partial charge in [0.05, 0.1) is 6.42 Å². The SMILES string of the molecule is O=C(Cc1ccc2c(c1)OCCO2)N1CCCCC1CN1CCCCC1. The van der Waals surface area contributed by atoms with E-state index in [1.54, 1.807) is 0 Å². The molecule has 0 saturated carbocycles. The van der Waals surface area contributed by atoms with Crippen LogP contribution in [0.15, 0.2) is 18.2 Å². The number of ether oxygens (including phenoxy) is 2. The van der Waals surface area contributed by atoms with Crippen molar-refractivity contribution in [3.05, 3.63) is 23.8 Å². The zero-order valence-corrected chi connectivity index (χ0v) is 15.6. The van der Waals surface area contributed by atoms with Crippen LogP contribution in [0.2, 0.25) is 0 Å². The summed E-state index contributed by atoms with van der Waals surface area (Å²) in [5.74, 6) is 1.81. The van der Waals surface area contributed by atoms with E-state index >= 15 is 0 Å². The van der Waals surface area contributed by atoms with Gasteiger partial charge in [-0.25, -0.2) is 0 Å². The smallest absolute Gasteiger partial charge is 0.227 e. The van der Waals surface area contributed by atoms with E-state index in [9.17, 15) is 4.79 Å². The van der Waals surface area contributed by atoms with Gasteiger partial charge in [-0.1, -0.05) is 12.5 Å². The molecular formula is C21H30N2O3. The average molecular weight is 358 g/mol. The van der Waals surface area contributed by atoms with Gasteiger partial charge >= 0.3 is 0 Å². The van der Waals surface area contributed by atoms with E-state index in [2.05, 4.69) is 9.80 Å². The van der Waals surface area contributed by atoms with Crippen molar-refractivity contribution in [2.24, 2.45) is 0 Å². The molecule has 3 heterocycles. The van der Waals surface area contributed by atoms with Gasteiger partial charge in [0, 0.05) is 19.1 Å². The van der Waals surface area contributed by atoms with Gasteiger partial charge < -0.3 is 19.3 Å². The van der Waals surface area contributed by atoms with E-state index in [1.165, 1.54) is 38.8 Å². The van der Waals surface area contributed by atoms with Crippen molar-refractivity contribution in [2.75, 3.05) is 39.4 Å². The molecule has 1 amide bonds. The van der Waals surface area contributed by atoms with Crippen LogP contribution in [0.4, 0.5) is 0 Å². The van der Waals surface area contributed by atoms with Crippen LogP contribution in [-0.4, -0.2) is 61.1 Å². The lowest BCUT2D eigenvalue weighted by molar-refractivity contribution is -0.134. The topological polar surface area (TPSA) is 42.0 Å². The Balaban J connectivity index is 1.40. The average Bonchev–Trinajstić information content (AvgIpc) is 2.69. The standard InChI is InChI=1S/C21H30N2O3/c24-21(15-17-7-8-19-20(14-17)26-13-12-25-19)23-11-5-2-6-18(23)16-22-9-3-1-4-10-22/h7-8,14,18H,1-6,9-13,15-16H2. The molecule has 0 aromatic heterocycles. The number of carbonyl (C=O) groups is 1. The molecule has 26 heavy (non-hydrogen) atoms. The number of rotatable bonds is 4. The second kappa shape index (κ2) is 8.30. The number of amides is 1. The molecule has 5 nitrogen and oxygen atoms in total. The molecule has 3 aliphatic rings. The molecule has 2 saturated heterocycles. The van der Waals surface area contributed by atoms with Crippen molar-refractivity contribution >= 4 is 5.91 Å². The van der Waals surface area contributed by atoms with Crippen LogP contribution in [0.1, 0.15) is 44.1 Å². The summed E-state index contributed by atoms with van der Waals surface area (Å²) in [4.78, 5) is 17.7. The van der Waals surface area contributed by atoms with Gasteiger partial charge in [-0.15, -0.1) is 0 Å². The molecule has 1 aromatic rings. The molecule has 0 N–H and O–H groups in total. The lowest BCUT2D eigenvalue weighted by atomic mass is 9.99. The van der Waals surface area contributed by atoms with E-state index in [4.69, 9.17) is 9.47 Å². The molecule has 1 unspecified atom stereocenters.